The lowest BCUT2D eigenvalue weighted by molar-refractivity contribution is 0.302. The van der Waals surface area contributed by atoms with Crippen LogP contribution in [0.5, 0.6) is 0 Å². The first-order valence-corrected chi connectivity index (χ1v) is 7.76. The summed E-state index contributed by atoms with van der Waals surface area (Å²) >= 11 is 5.27. The average Bonchev–Trinajstić information content (AvgIpc) is 2.08. The molecule has 2 N–H and O–H groups in total. The van der Waals surface area contributed by atoms with Crippen molar-refractivity contribution in [3.05, 3.63) is 16.5 Å². The van der Waals surface area contributed by atoms with Crippen LogP contribution in [0.4, 0.5) is 5.82 Å². The second-order valence-corrected chi connectivity index (χ2v) is 8.34. The Morgan fingerprint density at radius 3 is 2.35 bits per heavy atom. The molecule has 0 fully saturated rings. The minimum Gasteiger partial charge on any atom is -0.367 e. The fraction of sp³-hybridized carbons (Fsp3) is 0.750. The summed E-state index contributed by atoms with van der Waals surface area (Å²) in [5.41, 5.74) is 0.286. The number of aromatic amines is 1. The molecule has 0 saturated heterocycles. The third kappa shape index (κ3) is 6.51. The third-order valence-electron chi connectivity index (χ3n) is 2.84. The second-order valence-electron chi connectivity index (χ2n) is 7.92. The zero-order chi connectivity index (χ0) is 15.6. The molecule has 1 aromatic rings. The van der Waals surface area contributed by atoms with Crippen LogP contribution in [0.2, 0.25) is 0 Å². The minimum absolute atomic E-state index is 0.00692. The highest BCUT2D eigenvalue weighted by atomic mass is 32.1. The average molecular weight is 295 g/mol. The van der Waals surface area contributed by atoms with Crippen LogP contribution in [0.1, 0.15) is 60.7 Å². The lowest BCUT2D eigenvalue weighted by Crippen LogP contribution is -2.35. The lowest BCUT2D eigenvalue weighted by Gasteiger charge is -2.34. The van der Waals surface area contributed by atoms with Gasteiger partial charge in [-0.2, -0.15) is 0 Å². The zero-order valence-corrected chi connectivity index (χ0v) is 14.7. The third-order valence-corrected chi connectivity index (χ3v) is 3.05. The van der Waals surface area contributed by atoms with Gasteiger partial charge in [0.25, 0.3) is 0 Å². The van der Waals surface area contributed by atoms with E-state index in [4.69, 9.17) is 12.2 Å². The molecular formula is C16H29N3S. The summed E-state index contributed by atoms with van der Waals surface area (Å²) in [7, 11) is 0. The van der Waals surface area contributed by atoms with E-state index in [1.807, 2.05) is 6.07 Å². The van der Waals surface area contributed by atoms with Gasteiger partial charge in [0, 0.05) is 18.0 Å². The fourth-order valence-electron chi connectivity index (χ4n) is 2.79. The van der Waals surface area contributed by atoms with Crippen molar-refractivity contribution in [2.24, 2.45) is 11.3 Å². The van der Waals surface area contributed by atoms with Crippen molar-refractivity contribution in [2.75, 3.05) is 5.32 Å². The van der Waals surface area contributed by atoms with E-state index in [1.165, 1.54) is 0 Å². The van der Waals surface area contributed by atoms with E-state index in [1.54, 1.807) is 0 Å². The van der Waals surface area contributed by atoms with E-state index in [2.05, 4.69) is 63.8 Å². The highest BCUT2D eigenvalue weighted by Crippen LogP contribution is 2.29. The molecule has 0 bridgehead atoms. The van der Waals surface area contributed by atoms with Crippen molar-refractivity contribution in [2.45, 2.75) is 66.8 Å². The molecule has 0 saturated carbocycles. The summed E-state index contributed by atoms with van der Waals surface area (Å²) in [5.74, 6) is 2.49. The molecule has 0 aromatic carbocycles. The Labute approximate surface area is 128 Å². The Morgan fingerprint density at radius 2 is 1.85 bits per heavy atom. The first-order valence-electron chi connectivity index (χ1n) is 7.35. The number of H-pyrrole nitrogens is 1. The monoisotopic (exact) mass is 295 g/mol. The Balaban J connectivity index is 2.91. The number of hydrogen-bond donors (Lipinski definition) is 2. The van der Waals surface area contributed by atoms with E-state index in [0.717, 1.165) is 24.5 Å². The Kier molecular flexibility index (Phi) is 5.36. The van der Waals surface area contributed by atoms with Crippen LogP contribution in [-0.2, 0) is 6.42 Å². The van der Waals surface area contributed by atoms with Crippen molar-refractivity contribution in [3.63, 3.8) is 0 Å². The van der Waals surface area contributed by atoms with Crippen molar-refractivity contribution < 1.29 is 0 Å². The summed E-state index contributed by atoms with van der Waals surface area (Å²) in [6.07, 6.45) is 1.99. The van der Waals surface area contributed by atoms with Crippen LogP contribution in [-0.4, -0.2) is 15.5 Å². The Morgan fingerprint density at radius 1 is 1.25 bits per heavy atom. The molecule has 1 heterocycles. The SMILES string of the molecule is CC(C)Cc1nc(=S)cc(NC(C)(C)CC(C)(C)C)[nH]1. The number of aromatic nitrogens is 2. The maximum atomic E-state index is 5.27. The van der Waals surface area contributed by atoms with E-state index in [0.29, 0.717) is 10.6 Å². The molecule has 3 nitrogen and oxygen atoms in total. The largest absolute Gasteiger partial charge is 0.367 e. The zero-order valence-electron chi connectivity index (χ0n) is 13.9. The van der Waals surface area contributed by atoms with E-state index < -0.39 is 0 Å². The highest BCUT2D eigenvalue weighted by Gasteiger charge is 2.25. The van der Waals surface area contributed by atoms with Crippen molar-refractivity contribution in [1.82, 2.24) is 9.97 Å². The van der Waals surface area contributed by atoms with Gasteiger partial charge in [-0.15, -0.1) is 0 Å². The molecule has 0 aliphatic heterocycles. The fourth-order valence-corrected chi connectivity index (χ4v) is 3.02. The molecule has 20 heavy (non-hydrogen) atoms. The number of anilines is 1. The van der Waals surface area contributed by atoms with Crippen LogP contribution < -0.4 is 5.32 Å². The smallest absolute Gasteiger partial charge is 0.131 e. The number of nitrogens with one attached hydrogen (secondary N) is 2. The molecule has 0 atom stereocenters. The van der Waals surface area contributed by atoms with Gasteiger partial charge in [-0.1, -0.05) is 46.8 Å². The Bertz CT molecular complexity index is 495. The van der Waals surface area contributed by atoms with E-state index in [9.17, 15) is 0 Å². The standard InChI is InChI=1S/C16H29N3S/c1-11(2)8-12-17-13(9-14(20)18-12)19-16(6,7)10-15(3,4)5/h9,11H,8,10H2,1-7H3,(H2,17,18,19,20). The van der Waals surface area contributed by atoms with Crippen LogP contribution in [0.15, 0.2) is 6.07 Å². The van der Waals surface area contributed by atoms with Gasteiger partial charge in [0.1, 0.15) is 16.3 Å². The molecule has 0 amide bonds. The number of hydrogen-bond acceptors (Lipinski definition) is 3. The van der Waals surface area contributed by atoms with Crippen LogP contribution in [0.3, 0.4) is 0 Å². The quantitative estimate of drug-likeness (QED) is 0.754. The second kappa shape index (κ2) is 6.25. The number of nitrogens with zero attached hydrogens (tertiary/aromatic N) is 1. The van der Waals surface area contributed by atoms with Crippen molar-refractivity contribution in [1.29, 1.82) is 0 Å². The molecule has 0 aliphatic carbocycles. The summed E-state index contributed by atoms with van der Waals surface area (Å²) in [6.45, 7) is 15.6. The van der Waals surface area contributed by atoms with Gasteiger partial charge in [0.05, 0.1) is 0 Å². The Hall–Kier alpha value is -0.900. The van der Waals surface area contributed by atoms with Crippen molar-refractivity contribution >= 4 is 18.0 Å². The maximum Gasteiger partial charge on any atom is 0.131 e. The van der Waals surface area contributed by atoms with Gasteiger partial charge in [-0.3, -0.25) is 0 Å². The van der Waals surface area contributed by atoms with Gasteiger partial charge in [0.15, 0.2) is 0 Å². The first kappa shape index (κ1) is 17.2. The van der Waals surface area contributed by atoms with Crippen LogP contribution in [0, 0.1) is 16.0 Å². The van der Waals surface area contributed by atoms with Gasteiger partial charge < -0.3 is 10.3 Å². The number of rotatable bonds is 5. The van der Waals surface area contributed by atoms with Gasteiger partial charge in [-0.25, -0.2) is 4.98 Å². The molecule has 0 radical (unpaired) electrons. The van der Waals surface area contributed by atoms with E-state index in [-0.39, 0.29) is 11.0 Å². The van der Waals surface area contributed by atoms with Gasteiger partial charge in [0.2, 0.25) is 0 Å². The van der Waals surface area contributed by atoms with Gasteiger partial charge >= 0.3 is 0 Å². The molecular weight excluding hydrogens is 266 g/mol. The topological polar surface area (TPSA) is 40.7 Å². The summed E-state index contributed by atoms with van der Waals surface area (Å²) in [6, 6.07) is 1.91. The summed E-state index contributed by atoms with van der Waals surface area (Å²) in [5, 5.41) is 3.57. The predicted octanol–water partition coefficient (Wildman–Crippen LogP) is 4.96. The highest BCUT2D eigenvalue weighted by molar-refractivity contribution is 7.71. The minimum atomic E-state index is 0.00692. The molecule has 0 spiro atoms. The van der Waals surface area contributed by atoms with Crippen LogP contribution >= 0.6 is 12.2 Å². The molecule has 1 aromatic heterocycles. The predicted molar refractivity (Wildman–Crippen MR) is 89.7 cm³/mol. The normalized spacial score (nSPS) is 12.8. The summed E-state index contributed by atoms with van der Waals surface area (Å²) in [4.78, 5) is 7.77. The molecule has 0 unspecified atom stereocenters. The summed E-state index contributed by atoms with van der Waals surface area (Å²) < 4.78 is 0.647. The molecule has 114 valence electrons. The molecule has 0 aliphatic rings. The van der Waals surface area contributed by atoms with Gasteiger partial charge in [-0.05, 0) is 31.6 Å². The first-order chi connectivity index (χ1) is 8.97. The lowest BCUT2D eigenvalue weighted by atomic mass is 9.82. The van der Waals surface area contributed by atoms with Crippen molar-refractivity contribution in [3.8, 4) is 0 Å². The molecule has 1 rings (SSSR count). The van der Waals surface area contributed by atoms with E-state index >= 15 is 0 Å². The maximum absolute atomic E-state index is 5.27. The molecule has 4 heteroatoms. The van der Waals surface area contributed by atoms with Crippen LogP contribution in [0.25, 0.3) is 0 Å².